The van der Waals surface area contributed by atoms with Gasteiger partial charge in [0.25, 0.3) is 11.1 Å². The zero-order valence-electron chi connectivity index (χ0n) is 20.1. The van der Waals surface area contributed by atoms with Crippen molar-refractivity contribution in [3.05, 3.63) is 77.0 Å². The number of halogens is 1. The molecular formula is C27H27FN6O2S. The van der Waals surface area contributed by atoms with Crippen LogP contribution in [0.1, 0.15) is 36.9 Å². The monoisotopic (exact) mass is 518 g/mol. The number of imide groups is 1. The summed E-state index contributed by atoms with van der Waals surface area (Å²) in [4.78, 5) is 36.3. The predicted molar refractivity (Wildman–Crippen MR) is 142 cm³/mol. The molecule has 1 aromatic carbocycles. The van der Waals surface area contributed by atoms with Gasteiger partial charge < -0.3 is 10.6 Å². The van der Waals surface area contributed by atoms with Gasteiger partial charge in [-0.25, -0.2) is 14.4 Å². The first-order valence-corrected chi connectivity index (χ1v) is 13.1. The number of nitrogens with zero attached hydrogens (tertiary/aromatic N) is 3. The highest BCUT2D eigenvalue weighted by molar-refractivity contribution is 8.18. The maximum atomic E-state index is 14.2. The molecule has 2 fully saturated rings. The summed E-state index contributed by atoms with van der Waals surface area (Å²) < 4.78 is 14.2. The molecule has 1 saturated carbocycles. The molecule has 190 valence electrons. The van der Waals surface area contributed by atoms with E-state index in [9.17, 15) is 14.0 Å². The average Bonchev–Trinajstić information content (AvgIpc) is 3.21. The zero-order valence-corrected chi connectivity index (χ0v) is 20.9. The average molecular weight is 519 g/mol. The molecule has 3 N–H and O–H groups in total. The summed E-state index contributed by atoms with van der Waals surface area (Å²) in [6, 6.07) is 11.3. The molecule has 1 saturated heterocycles. The van der Waals surface area contributed by atoms with E-state index in [0.717, 1.165) is 67.1 Å². The van der Waals surface area contributed by atoms with E-state index in [4.69, 9.17) is 0 Å². The van der Waals surface area contributed by atoms with Crippen molar-refractivity contribution in [3.8, 4) is 11.1 Å². The highest BCUT2D eigenvalue weighted by atomic mass is 32.2. The fourth-order valence-corrected chi connectivity index (χ4v) is 5.28. The number of carbonyl (C=O) groups is 2. The van der Waals surface area contributed by atoms with Crippen LogP contribution in [-0.2, 0) is 11.2 Å². The molecular weight excluding hydrogens is 491 g/mol. The molecule has 0 atom stereocenters. The number of rotatable bonds is 8. The second kappa shape index (κ2) is 11.6. The number of pyridine rings is 1. The SMILES string of the molecule is O=C1NC(=O)/C(=C/c2ccnc(NC3CCC(NCCc4cc(F)cc(-c5cccnc5)c4)CC3)n2)S1. The Morgan fingerprint density at radius 3 is 2.65 bits per heavy atom. The van der Waals surface area contributed by atoms with Gasteiger partial charge in [0.05, 0.1) is 10.6 Å². The van der Waals surface area contributed by atoms with Gasteiger partial charge in [0.1, 0.15) is 5.82 Å². The Kier molecular flexibility index (Phi) is 7.86. The minimum atomic E-state index is -0.403. The van der Waals surface area contributed by atoms with Gasteiger partial charge in [0, 0.05) is 36.2 Å². The maximum absolute atomic E-state index is 14.2. The summed E-state index contributed by atoms with van der Waals surface area (Å²) in [6.45, 7) is 0.784. The Bertz CT molecular complexity index is 1310. The summed E-state index contributed by atoms with van der Waals surface area (Å²) in [5, 5.41) is 8.88. The summed E-state index contributed by atoms with van der Waals surface area (Å²) in [6.07, 6.45) is 11.4. The minimum absolute atomic E-state index is 0.232. The molecule has 3 aromatic rings. The van der Waals surface area contributed by atoms with E-state index >= 15 is 0 Å². The molecule has 2 aliphatic rings. The van der Waals surface area contributed by atoms with Crippen LogP contribution < -0.4 is 16.0 Å². The van der Waals surface area contributed by atoms with E-state index in [0.29, 0.717) is 22.6 Å². The van der Waals surface area contributed by atoms with Crippen LogP contribution in [0.3, 0.4) is 0 Å². The molecule has 0 spiro atoms. The van der Waals surface area contributed by atoms with E-state index in [-0.39, 0.29) is 17.1 Å². The number of thioether (sulfide) groups is 1. The molecule has 0 unspecified atom stereocenters. The van der Waals surface area contributed by atoms with Gasteiger partial charge >= 0.3 is 0 Å². The number of carbonyl (C=O) groups excluding carboxylic acids is 2. The fourth-order valence-electron chi connectivity index (χ4n) is 4.62. The van der Waals surface area contributed by atoms with Crippen LogP contribution in [0.15, 0.2) is 59.9 Å². The van der Waals surface area contributed by atoms with Crippen LogP contribution in [0.25, 0.3) is 17.2 Å². The van der Waals surface area contributed by atoms with Crippen LogP contribution in [-0.4, -0.2) is 44.7 Å². The van der Waals surface area contributed by atoms with Gasteiger partial charge in [-0.15, -0.1) is 0 Å². The second-order valence-corrected chi connectivity index (χ2v) is 10.2. The lowest BCUT2D eigenvalue weighted by molar-refractivity contribution is -0.115. The first kappa shape index (κ1) is 25.0. The Balaban J connectivity index is 1.09. The molecule has 10 heteroatoms. The molecule has 1 aliphatic carbocycles. The van der Waals surface area contributed by atoms with E-state index in [1.807, 2.05) is 18.2 Å². The van der Waals surface area contributed by atoms with Crippen LogP contribution in [0, 0.1) is 5.82 Å². The van der Waals surface area contributed by atoms with Crippen molar-refractivity contribution in [2.24, 2.45) is 0 Å². The summed E-state index contributed by atoms with van der Waals surface area (Å²) in [7, 11) is 0. The highest BCUT2D eigenvalue weighted by Crippen LogP contribution is 2.26. The first-order valence-electron chi connectivity index (χ1n) is 12.3. The quantitative estimate of drug-likeness (QED) is 0.373. The van der Waals surface area contributed by atoms with Gasteiger partial charge in [-0.2, -0.15) is 0 Å². The number of anilines is 1. The Labute approximate surface area is 218 Å². The van der Waals surface area contributed by atoms with Gasteiger partial charge in [-0.3, -0.25) is 19.9 Å². The van der Waals surface area contributed by atoms with Crippen molar-refractivity contribution in [3.63, 3.8) is 0 Å². The van der Waals surface area contributed by atoms with Crippen molar-refractivity contribution in [1.82, 2.24) is 25.6 Å². The Morgan fingerprint density at radius 1 is 1.05 bits per heavy atom. The third kappa shape index (κ3) is 6.78. The van der Waals surface area contributed by atoms with E-state index < -0.39 is 5.91 Å². The summed E-state index contributed by atoms with van der Waals surface area (Å²) in [5.74, 6) is -0.125. The van der Waals surface area contributed by atoms with E-state index in [1.54, 1.807) is 42.9 Å². The minimum Gasteiger partial charge on any atom is -0.351 e. The molecule has 2 amide bonds. The van der Waals surface area contributed by atoms with E-state index in [2.05, 4.69) is 30.9 Å². The fraction of sp³-hybridized carbons (Fsp3) is 0.296. The lowest BCUT2D eigenvalue weighted by atomic mass is 9.91. The topological polar surface area (TPSA) is 109 Å². The van der Waals surface area contributed by atoms with Gasteiger partial charge in [-0.05, 0) is 91.9 Å². The number of aromatic nitrogens is 3. The van der Waals surface area contributed by atoms with Gasteiger partial charge in [0.15, 0.2) is 0 Å². The Morgan fingerprint density at radius 2 is 1.89 bits per heavy atom. The molecule has 0 radical (unpaired) electrons. The third-order valence-electron chi connectivity index (χ3n) is 6.46. The maximum Gasteiger partial charge on any atom is 0.290 e. The summed E-state index contributed by atoms with van der Waals surface area (Å²) in [5.41, 5.74) is 3.29. The number of nitrogens with one attached hydrogen (secondary N) is 3. The van der Waals surface area contributed by atoms with Gasteiger partial charge in [-0.1, -0.05) is 12.1 Å². The standard InChI is InChI=1S/C27H27FN6O2S/c28-20-13-17(12-19(14-20)18-2-1-9-29-16-18)7-10-30-21-3-5-22(6-4-21)32-26-31-11-8-23(33-26)15-24-25(35)34-27(36)37-24/h1-2,8-9,11-16,21-22,30H,3-7,10H2,(H,31,32,33)(H,34,35,36)/b24-15-. The number of hydrogen-bond acceptors (Lipinski definition) is 8. The number of benzene rings is 1. The van der Waals surface area contributed by atoms with E-state index in [1.165, 1.54) is 0 Å². The lowest BCUT2D eigenvalue weighted by Crippen LogP contribution is -2.38. The van der Waals surface area contributed by atoms with Crippen molar-refractivity contribution in [2.45, 2.75) is 44.2 Å². The second-order valence-electron chi connectivity index (χ2n) is 9.14. The summed E-state index contributed by atoms with van der Waals surface area (Å²) >= 11 is 0.868. The highest BCUT2D eigenvalue weighted by Gasteiger charge is 2.25. The van der Waals surface area contributed by atoms with Crippen LogP contribution >= 0.6 is 11.8 Å². The molecule has 37 heavy (non-hydrogen) atoms. The lowest BCUT2D eigenvalue weighted by Gasteiger charge is -2.29. The molecule has 2 aromatic heterocycles. The van der Waals surface area contributed by atoms with Crippen molar-refractivity contribution >= 4 is 34.9 Å². The first-order chi connectivity index (χ1) is 18.0. The van der Waals surface area contributed by atoms with Crippen molar-refractivity contribution in [1.29, 1.82) is 0 Å². The molecule has 5 rings (SSSR count). The zero-order chi connectivity index (χ0) is 25.6. The normalized spacial score (nSPS) is 20.7. The molecule has 8 nitrogen and oxygen atoms in total. The Hall–Kier alpha value is -3.63. The molecule has 1 aliphatic heterocycles. The van der Waals surface area contributed by atoms with Crippen molar-refractivity contribution < 1.29 is 14.0 Å². The van der Waals surface area contributed by atoms with Crippen LogP contribution in [0.2, 0.25) is 0 Å². The largest absolute Gasteiger partial charge is 0.351 e. The predicted octanol–water partition coefficient (Wildman–Crippen LogP) is 4.56. The third-order valence-corrected chi connectivity index (χ3v) is 7.27. The van der Waals surface area contributed by atoms with Crippen LogP contribution in [0.5, 0.6) is 0 Å². The van der Waals surface area contributed by atoms with Gasteiger partial charge in [0.2, 0.25) is 5.95 Å². The molecule has 0 bridgehead atoms. The van der Waals surface area contributed by atoms with Crippen molar-refractivity contribution in [2.75, 3.05) is 11.9 Å². The molecule has 3 heterocycles. The van der Waals surface area contributed by atoms with Crippen LogP contribution in [0.4, 0.5) is 15.1 Å². The number of hydrogen-bond donors (Lipinski definition) is 3. The number of amides is 2. The smallest absolute Gasteiger partial charge is 0.290 e.